The van der Waals surface area contributed by atoms with Gasteiger partial charge in [-0.25, -0.2) is 0 Å². The van der Waals surface area contributed by atoms with Crippen LogP contribution in [-0.2, 0) is 11.4 Å². The van der Waals surface area contributed by atoms with Crippen molar-refractivity contribution in [1.82, 2.24) is 0 Å². The standard InChI is InChI=1S/C15H9Cl2N3O3/c16-12-2-1-3-13(17)15(12)14(8-18)19-23-9-10-4-6-11(7-5-10)20(21)22/h1-7H,9H2/b19-14+. The highest BCUT2D eigenvalue weighted by Crippen LogP contribution is 2.25. The Bertz CT molecular complexity index is 778. The molecule has 0 aliphatic carbocycles. The van der Waals surface area contributed by atoms with Crippen LogP contribution < -0.4 is 0 Å². The van der Waals surface area contributed by atoms with Crippen LogP contribution in [0.2, 0.25) is 10.0 Å². The molecule has 0 aromatic heterocycles. The number of hydrogen-bond acceptors (Lipinski definition) is 5. The average Bonchev–Trinajstić information content (AvgIpc) is 2.53. The lowest BCUT2D eigenvalue weighted by Gasteiger charge is -2.05. The van der Waals surface area contributed by atoms with E-state index < -0.39 is 4.92 Å². The van der Waals surface area contributed by atoms with Crippen molar-refractivity contribution in [3.05, 3.63) is 73.8 Å². The number of non-ortho nitro benzene ring substituents is 1. The van der Waals surface area contributed by atoms with Crippen molar-refractivity contribution in [3.63, 3.8) is 0 Å². The molecule has 2 rings (SSSR count). The van der Waals surface area contributed by atoms with Crippen molar-refractivity contribution in [2.45, 2.75) is 6.61 Å². The molecule has 0 heterocycles. The zero-order valence-corrected chi connectivity index (χ0v) is 13.1. The summed E-state index contributed by atoms with van der Waals surface area (Å²) in [6, 6.07) is 12.5. The first-order valence-electron chi connectivity index (χ1n) is 6.30. The third kappa shape index (κ3) is 4.19. The second kappa shape index (κ2) is 7.58. The van der Waals surface area contributed by atoms with E-state index in [2.05, 4.69) is 5.16 Å². The summed E-state index contributed by atoms with van der Waals surface area (Å²) in [5, 5.41) is 24.1. The number of nitrogens with zero attached hydrogens (tertiary/aromatic N) is 3. The smallest absolute Gasteiger partial charge is 0.269 e. The Kier molecular flexibility index (Phi) is 5.52. The third-order valence-electron chi connectivity index (χ3n) is 2.84. The summed E-state index contributed by atoms with van der Waals surface area (Å²) in [4.78, 5) is 15.2. The molecular weight excluding hydrogens is 341 g/mol. The topological polar surface area (TPSA) is 88.5 Å². The maximum Gasteiger partial charge on any atom is 0.269 e. The molecular formula is C15H9Cl2N3O3. The summed E-state index contributed by atoms with van der Waals surface area (Å²) in [6.45, 7) is 0.0469. The molecule has 0 atom stereocenters. The van der Waals surface area contributed by atoms with Crippen LogP contribution in [0.15, 0.2) is 47.6 Å². The molecule has 0 amide bonds. The molecule has 8 heteroatoms. The van der Waals surface area contributed by atoms with Gasteiger partial charge < -0.3 is 4.84 Å². The van der Waals surface area contributed by atoms with Gasteiger partial charge in [0.15, 0.2) is 5.71 Å². The van der Waals surface area contributed by atoms with Crippen molar-refractivity contribution < 1.29 is 9.76 Å². The maximum absolute atomic E-state index is 10.6. The minimum atomic E-state index is -0.490. The van der Waals surface area contributed by atoms with Crippen molar-refractivity contribution in [2.24, 2.45) is 5.16 Å². The molecule has 2 aromatic carbocycles. The minimum absolute atomic E-state index is 0.0159. The van der Waals surface area contributed by atoms with Gasteiger partial charge >= 0.3 is 0 Å². The Morgan fingerprint density at radius 1 is 1.22 bits per heavy atom. The van der Waals surface area contributed by atoms with Crippen LogP contribution in [0.1, 0.15) is 11.1 Å². The quantitative estimate of drug-likeness (QED) is 0.456. The van der Waals surface area contributed by atoms with E-state index in [-0.39, 0.29) is 28.1 Å². The van der Waals surface area contributed by atoms with Gasteiger partial charge in [-0.2, -0.15) is 5.26 Å². The van der Waals surface area contributed by atoms with Crippen LogP contribution in [0.3, 0.4) is 0 Å². The van der Waals surface area contributed by atoms with Gasteiger partial charge in [0.2, 0.25) is 0 Å². The normalized spacial score (nSPS) is 10.9. The number of nitro benzene ring substituents is 1. The van der Waals surface area contributed by atoms with Gasteiger partial charge in [0.1, 0.15) is 12.7 Å². The van der Waals surface area contributed by atoms with Crippen molar-refractivity contribution in [2.75, 3.05) is 0 Å². The molecule has 0 aliphatic rings. The SMILES string of the molecule is N#C/C(=N\OCc1ccc([N+](=O)[O-])cc1)c1c(Cl)cccc1Cl. The van der Waals surface area contributed by atoms with Crippen LogP contribution in [0.5, 0.6) is 0 Å². The van der Waals surface area contributed by atoms with Crippen LogP contribution >= 0.6 is 23.2 Å². The second-order valence-electron chi connectivity index (χ2n) is 4.35. The molecule has 0 bridgehead atoms. The third-order valence-corrected chi connectivity index (χ3v) is 3.47. The van der Waals surface area contributed by atoms with E-state index in [1.54, 1.807) is 30.3 Å². The van der Waals surface area contributed by atoms with Gasteiger partial charge in [-0.15, -0.1) is 0 Å². The van der Waals surface area contributed by atoms with E-state index in [9.17, 15) is 10.1 Å². The fraction of sp³-hybridized carbons (Fsp3) is 0.0667. The first-order chi connectivity index (χ1) is 11.0. The number of benzene rings is 2. The van der Waals surface area contributed by atoms with E-state index in [1.165, 1.54) is 12.1 Å². The van der Waals surface area contributed by atoms with Gasteiger partial charge in [-0.05, 0) is 29.8 Å². The average molecular weight is 350 g/mol. The van der Waals surface area contributed by atoms with Gasteiger partial charge in [-0.3, -0.25) is 10.1 Å². The van der Waals surface area contributed by atoms with Crippen molar-refractivity contribution in [1.29, 1.82) is 5.26 Å². The first-order valence-corrected chi connectivity index (χ1v) is 7.06. The number of oxime groups is 1. The van der Waals surface area contributed by atoms with Crippen LogP contribution in [0.4, 0.5) is 5.69 Å². The van der Waals surface area contributed by atoms with Gasteiger partial charge in [0.05, 0.1) is 20.5 Å². The molecule has 0 N–H and O–H groups in total. The number of nitriles is 1. The Labute approximate surface area is 141 Å². The molecule has 0 saturated heterocycles. The zero-order valence-electron chi connectivity index (χ0n) is 11.6. The van der Waals surface area contributed by atoms with Gasteiger partial charge in [-0.1, -0.05) is 34.4 Å². The molecule has 2 aromatic rings. The highest BCUT2D eigenvalue weighted by molar-refractivity contribution is 6.41. The molecule has 0 fully saturated rings. The second-order valence-corrected chi connectivity index (χ2v) is 5.16. The monoisotopic (exact) mass is 349 g/mol. The van der Waals surface area contributed by atoms with E-state index in [0.717, 1.165) is 0 Å². The highest BCUT2D eigenvalue weighted by atomic mass is 35.5. The molecule has 0 unspecified atom stereocenters. The molecule has 23 heavy (non-hydrogen) atoms. The van der Waals surface area contributed by atoms with Crippen LogP contribution in [-0.4, -0.2) is 10.6 Å². The van der Waals surface area contributed by atoms with E-state index >= 15 is 0 Å². The molecule has 0 saturated carbocycles. The predicted molar refractivity (Wildman–Crippen MR) is 86.5 cm³/mol. The number of halogens is 2. The summed E-state index contributed by atoms with van der Waals surface area (Å²) in [5.74, 6) is 0. The predicted octanol–water partition coefficient (Wildman–Crippen LogP) is 4.35. The van der Waals surface area contributed by atoms with E-state index in [1.807, 2.05) is 6.07 Å². The molecule has 0 spiro atoms. The van der Waals surface area contributed by atoms with E-state index in [4.69, 9.17) is 33.3 Å². The fourth-order valence-electron chi connectivity index (χ4n) is 1.73. The Hall–Kier alpha value is -2.62. The van der Waals surface area contributed by atoms with Crippen LogP contribution in [0.25, 0.3) is 0 Å². The highest BCUT2D eigenvalue weighted by Gasteiger charge is 2.13. The lowest BCUT2D eigenvalue weighted by atomic mass is 10.1. The molecule has 116 valence electrons. The number of rotatable bonds is 5. The van der Waals surface area contributed by atoms with Crippen molar-refractivity contribution in [3.8, 4) is 6.07 Å². The number of nitro groups is 1. The first kappa shape index (κ1) is 16.7. The maximum atomic E-state index is 10.6. The summed E-state index contributed by atoms with van der Waals surface area (Å²) < 4.78 is 0. The summed E-state index contributed by atoms with van der Waals surface area (Å²) in [5.41, 5.74) is 0.893. The van der Waals surface area contributed by atoms with E-state index in [0.29, 0.717) is 11.1 Å². The minimum Gasteiger partial charge on any atom is -0.390 e. The van der Waals surface area contributed by atoms with Gasteiger partial charge in [0, 0.05) is 12.1 Å². The van der Waals surface area contributed by atoms with Gasteiger partial charge in [0.25, 0.3) is 5.69 Å². The summed E-state index contributed by atoms with van der Waals surface area (Å²) in [6.07, 6.45) is 0. The largest absolute Gasteiger partial charge is 0.390 e. The zero-order chi connectivity index (χ0) is 16.8. The lowest BCUT2D eigenvalue weighted by Crippen LogP contribution is -2.01. The Morgan fingerprint density at radius 3 is 2.35 bits per heavy atom. The fourth-order valence-corrected chi connectivity index (χ4v) is 2.31. The molecule has 0 aliphatic heterocycles. The van der Waals surface area contributed by atoms with Crippen molar-refractivity contribution >= 4 is 34.6 Å². The molecule has 0 radical (unpaired) electrons. The Balaban J connectivity index is 2.12. The summed E-state index contributed by atoms with van der Waals surface area (Å²) in [7, 11) is 0. The summed E-state index contributed by atoms with van der Waals surface area (Å²) >= 11 is 12.0. The Morgan fingerprint density at radius 2 is 1.83 bits per heavy atom. The lowest BCUT2D eigenvalue weighted by molar-refractivity contribution is -0.384. The number of hydrogen-bond donors (Lipinski definition) is 0. The molecule has 6 nitrogen and oxygen atoms in total. The van der Waals surface area contributed by atoms with Crippen LogP contribution in [0, 0.1) is 21.4 Å².